The third-order valence-electron chi connectivity index (χ3n) is 4.91. The quantitative estimate of drug-likeness (QED) is 0.478. The maximum Gasteiger partial charge on any atom is 0.0817 e. The number of nitrogens with zero attached hydrogens (tertiary/aromatic N) is 1. The Bertz CT molecular complexity index is 678. The molecule has 2 aliphatic rings. The normalized spacial score (nSPS) is 24.0. The Morgan fingerprint density at radius 2 is 2.00 bits per heavy atom. The van der Waals surface area contributed by atoms with E-state index in [2.05, 4.69) is 63.5 Å². The van der Waals surface area contributed by atoms with Crippen LogP contribution in [0, 0.1) is 5.92 Å². The summed E-state index contributed by atoms with van der Waals surface area (Å²) in [5.41, 5.74) is 2.83. The molecule has 1 heterocycles. The first-order valence-electron chi connectivity index (χ1n) is 8.34. The number of hydrogen-bond acceptors (Lipinski definition) is 1. The van der Waals surface area contributed by atoms with Crippen molar-refractivity contribution in [3.8, 4) is 0 Å². The van der Waals surface area contributed by atoms with Gasteiger partial charge in [-0.3, -0.25) is 0 Å². The number of fused-ring (bicyclic) bond motifs is 2. The molecule has 0 amide bonds. The molecule has 2 unspecified atom stereocenters. The van der Waals surface area contributed by atoms with Crippen LogP contribution in [0.5, 0.6) is 0 Å². The molecule has 0 fully saturated rings. The van der Waals surface area contributed by atoms with E-state index in [0.29, 0.717) is 11.2 Å². The van der Waals surface area contributed by atoms with Crippen molar-refractivity contribution in [2.75, 3.05) is 27.2 Å². The second-order valence-electron chi connectivity index (χ2n) is 6.94. The highest BCUT2D eigenvalue weighted by Gasteiger charge is 2.31. The summed E-state index contributed by atoms with van der Waals surface area (Å²) in [5.74, 6) is 0.393. The molecular formula is C20H25ClINS. The summed E-state index contributed by atoms with van der Waals surface area (Å²) >= 11 is 8.25. The van der Waals surface area contributed by atoms with E-state index in [-0.39, 0.29) is 24.0 Å². The maximum absolute atomic E-state index is 6.29. The highest BCUT2D eigenvalue weighted by molar-refractivity contribution is 8.00. The van der Waals surface area contributed by atoms with E-state index in [1.54, 1.807) is 0 Å². The zero-order valence-corrected chi connectivity index (χ0v) is 18.2. The Balaban J connectivity index is 0.00000208. The van der Waals surface area contributed by atoms with E-state index in [9.17, 15) is 0 Å². The predicted octanol–water partition coefficient (Wildman–Crippen LogP) is 2.34. The lowest BCUT2D eigenvalue weighted by atomic mass is 9.85. The molecule has 0 radical (unpaired) electrons. The van der Waals surface area contributed by atoms with Gasteiger partial charge in [0.1, 0.15) is 0 Å². The van der Waals surface area contributed by atoms with Gasteiger partial charge in [0.15, 0.2) is 0 Å². The minimum atomic E-state index is 0. The smallest absolute Gasteiger partial charge is 0.0817 e. The van der Waals surface area contributed by atoms with Gasteiger partial charge < -0.3 is 28.5 Å². The molecule has 24 heavy (non-hydrogen) atoms. The third-order valence-corrected chi connectivity index (χ3v) is 6.50. The van der Waals surface area contributed by atoms with Crippen molar-refractivity contribution in [3.63, 3.8) is 0 Å². The lowest BCUT2D eigenvalue weighted by molar-refractivity contribution is -0.888. The molecule has 1 aliphatic heterocycles. The van der Waals surface area contributed by atoms with Gasteiger partial charge in [-0.2, -0.15) is 0 Å². The molecule has 0 bridgehead atoms. The van der Waals surface area contributed by atoms with Crippen LogP contribution < -0.4 is 24.0 Å². The molecule has 0 saturated heterocycles. The predicted molar refractivity (Wildman–Crippen MR) is 103 cm³/mol. The standard InChI is InChI=1S/C20H25ClNS.HI/c1-4-22(2,3)13-7-9-16-17-8-5-6-10-19(17)23-20-12-11-15(21)14-18(16)20;/h5-6,8-12,14,18,20H,4,7,13H2,1-3H3;1H/q+1;/p-1/b16-9-;. The van der Waals surface area contributed by atoms with Crippen molar-refractivity contribution in [1.29, 1.82) is 0 Å². The van der Waals surface area contributed by atoms with Crippen LogP contribution in [-0.2, 0) is 0 Å². The first-order chi connectivity index (χ1) is 11.0. The summed E-state index contributed by atoms with van der Waals surface area (Å²) in [6, 6.07) is 8.77. The fourth-order valence-corrected chi connectivity index (χ4v) is 4.62. The summed E-state index contributed by atoms with van der Waals surface area (Å²) in [4.78, 5) is 1.39. The first-order valence-corrected chi connectivity index (χ1v) is 9.59. The van der Waals surface area contributed by atoms with E-state index in [4.69, 9.17) is 11.6 Å². The number of benzene rings is 1. The van der Waals surface area contributed by atoms with Gasteiger partial charge in [-0.05, 0) is 30.2 Å². The molecule has 2 atom stereocenters. The van der Waals surface area contributed by atoms with Gasteiger partial charge >= 0.3 is 0 Å². The van der Waals surface area contributed by atoms with Crippen LogP contribution in [0.1, 0.15) is 18.9 Å². The minimum Gasteiger partial charge on any atom is -1.00 e. The molecule has 0 aromatic heterocycles. The molecule has 130 valence electrons. The van der Waals surface area contributed by atoms with E-state index in [1.165, 1.54) is 22.6 Å². The van der Waals surface area contributed by atoms with Gasteiger partial charge in [-0.15, -0.1) is 11.8 Å². The second kappa shape index (κ2) is 8.43. The van der Waals surface area contributed by atoms with Gasteiger partial charge in [0.2, 0.25) is 0 Å². The van der Waals surface area contributed by atoms with Crippen LogP contribution >= 0.6 is 23.4 Å². The van der Waals surface area contributed by atoms with Gasteiger partial charge in [-0.1, -0.05) is 48.0 Å². The number of halogens is 2. The van der Waals surface area contributed by atoms with Crippen LogP contribution in [0.2, 0.25) is 0 Å². The molecule has 0 N–H and O–H groups in total. The topological polar surface area (TPSA) is 0 Å². The number of quaternary nitrogens is 1. The van der Waals surface area contributed by atoms with Crippen molar-refractivity contribution in [2.45, 2.75) is 23.5 Å². The Kier molecular flexibility index (Phi) is 7.06. The summed E-state index contributed by atoms with van der Waals surface area (Å²) in [5, 5.41) is 1.33. The third kappa shape index (κ3) is 4.48. The van der Waals surface area contributed by atoms with Crippen molar-refractivity contribution >= 4 is 28.9 Å². The van der Waals surface area contributed by atoms with Crippen molar-refractivity contribution < 1.29 is 28.5 Å². The molecule has 1 aromatic carbocycles. The molecular weight excluding hydrogens is 449 g/mol. The van der Waals surface area contributed by atoms with Crippen molar-refractivity contribution in [1.82, 2.24) is 0 Å². The summed E-state index contributed by atoms with van der Waals surface area (Å²) in [6.07, 6.45) is 10.1. The number of thioether (sulfide) groups is 1. The molecule has 1 nitrogen and oxygen atoms in total. The SMILES string of the molecule is CC[N+](C)(C)CC/C=C1/c2ccccc2SC2C=CC(Cl)=CC12.[I-]. The molecule has 1 aliphatic carbocycles. The average molecular weight is 474 g/mol. The average Bonchev–Trinajstić information content (AvgIpc) is 2.54. The van der Waals surface area contributed by atoms with Crippen molar-refractivity contribution in [2.24, 2.45) is 5.92 Å². The van der Waals surface area contributed by atoms with Crippen molar-refractivity contribution in [3.05, 3.63) is 59.2 Å². The van der Waals surface area contributed by atoms with E-state index >= 15 is 0 Å². The lowest BCUT2D eigenvalue weighted by Gasteiger charge is -2.34. The minimum absolute atomic E-state index is 0. The fraction of sp³-hybridized carbons (Fsp3) is 0.400. The largest absolute Gasteiger partial charge is 1.00 e. The monoisotopic (exact) mass is 473 g/mol. The highest BCUT2D eigenvalue weighted by Crippen LogP contribution is 2.48. The maximum atomic E-state index is 6.29. The fourth-order valence-electron chi connectivity index (χ4n) is 3.12. The highest BCUT2D eigenvalue weighted by atomic mass is 127. The number of allylic oxidation sites excluding steroid dienone is 4. The van der Waals surface area contributed by atoms with Crippen LogP contribution in [-0.4, -0.2) is 36.9 Å². The number of rotatable bonds is 4. The van der Waals surface area contributed by atoms with Crippen LogP contribution in [0.25, 0.3) is 5.57 Å². The number of hydrogen-bond donors (Lipinski definition) is 0. The van der Waals surface area contributed by atoms with Gasteiger partial charge in [-0.25, -0.2) is 0 Å². The van der Waals surface area contributed by atoms with E-state index in [0.717, 1.165) is 22.5 Å². The second-order valence-corrected chi connectivity index (χ2v) is 8.60. The Labute approximate surface area is 172 Å². The Morgan fingerprint density at radius 1 is 1.25 bits per heavy atom. The summed E-state index contributed by atoms with van der Waals surface area (Å²) in [7, 11) is 4.60. The van der Waals surface area contributed by atoms with Crippen LogP contribution in [0.4, 0.5) is 0 Å². The first kappa shape index (κ1) is 20.1. The molecule has 1 aromatic rings. The van der Waals surface area contributed by atoms with E-state index in [1.807, 2.05) is 17.8 Å². The van der Waals surface area contributed by atoms with Crippen LogP contribution in [0.3, 0.4) is 0 Å². The molecule has 0 spiro atoms. The molecule has 0 saturated carbocycles. The van der Waals surface area contributed by atoms with Gasteiger partial charge in [0.05, 0.1) is 27.2 Å². The van der Waals surface area contributed by atoms with E-state index < -0.39 is 0 Å². The van der Waals surface area contributed by atoms with Gasteiger partial charge in [0.25, 0.3) is 0 Å². The zero-order valence-electron chi connectivity index (χ0n) is 14.5. The summed E-state index contributed by atoms with van der Waals surface area (Å²) in [6.45, 7) is 4.58. The molecule has 3 rings (SSSR count). The Hall–Kier alpha value is -0.230. The zero-order chi connectivity index (χ0) is 16.4. The van der Waals surface area contributed by atoms with Crippen LogP contribution in [0.15, 0.2) is 58.5 Å². The summed E-state index contributed by atoms with van der Waals surface area (Å²) < 4.78 is 1.06. The lowest BCUT2D eigenvalue weighted by Crippen LogP contribution is -3.00. The molecule has 4 heteroatoms. The van der Waals surface area contributed by atoms with Gasteiger partial charge in [0, 0.05) is 27.5 Å². The Morgan fingerprint density at radius 3 is 2.75 bits per heavy atom.